The second-order valence-corrected chi connectivity index (χ2v) is 7.30. The molecule has 0 aromatic carbocycles. The summed E-state index contributed by atoms with van der Waals surface area (Å²) in [5.41, 5.74) is 1.39. The van der Waals surface area contributed by atoms with Gasteiger partial charge >= 0.3 is 0 Å². The molecule has 0 fully saturated rings. The number of Topliss-reactive ketones (excluding diaryl/α,β-unsaturated/α-hetero) is 1. The Balaban J connectivity index is 2.07. The van der Waals surface area contributed by atoms with Gasteiger partial charge in [-0.2, -0.15) is 0 Å². The highest BCUT2D eigenvalue weighted by Gasteiger charge is 2.32. The zero-order chi connectivity index (χ0) is 14.5. The third-order valence-electron chi connectivity index (χ3n) is 3.32. The van der Waals surface area contributed by atoms with Crippen LogP contribution in [-0.2, 0) is 6.42 Å². The van der Waals surface area contributed by atoms with Crippen LogP contribution in [0.5, 0.6) is 0 Å². The van der Waals surface area contributed by atoms with Crippen LogP contribution in [0.1, 0.15) is 36.3 Å². The molecule has 4 nitrogen and oxygen atoms in total. The second-order valence-electron chi connectivity index (χ2n) is 5.73. The number of fused-ring (bicyclic) bond motifs is 1. The van der Waals surface area contributed by atoms with Crippen molar-refractivity contribution in [2.24, 2.45) is 5.41 Å². The van der Waals surface area contributed by atoms with Crippen molar-refractivity contribution in [3.05, 3.63) is 32.7 Å². The van der Waals surface area contributed by atoms with Crippen LogP contribution in [-0.4, -0.2) is 15.8 Å². The van der Waals surface area contributed by atoms with Crippen LogP contribution >= 0.6 is 31.9 Å². The Hall–Kier alpha value is -1.01. The molecule has 2 heterocycles. The number of rotatable bonds is 1. The van der Waals surface area contributed by atoms with Crippen LogP contribution in [0, 0.1) is 5.41 Å². The minimum Gasteiger partial charge on any atom is -0.445 e. The quantitative estimate of drug-likeness (QED) is 0.712. The molecule has 6 heteroatoms. The van der Waals surface area contributed by atoms with Crippen molar-refractivity contribution in [1.82, 2.24) is 9.97 Å². The van der Waals surface area contributed by atoms with Gasteiger partial charge in [0.1, 0.15) is 0 Å². The molecule has 1 aliphatic rings. The summed E-state index contributed by atoms with van der Waals surface area (Å²) in [5, 5.41) is 0. The van der Waals surface area contributed by atoms with Crippen LogP contribution in [0.25, 0.3) is 11.6 Å². The Kier molecular flexibility index (Phi) is 3.33. The Morgan fingerprint density at radius 1 is 1.30 bits per heavy atom. The van der Waals surface area contributed by atoms with Gasteiger partial charge in [-0.3, -0.25) is 4.79 Å². The predicted molar refractivity (Wildman–Crippen MR) is 81.6 cm³/mol. The molecule has 3 rings (SSSR count). The summed E-state index contributed by atoms with van der Waals surface area (Å²) >= 11 is 6.66. The summed E-state index contributed by atoms with van der Waals surface area (Å²) in [6.07, 6.45) is 2.92. The van der Waals surface area contributed by atoms with Gasteiger partial charge in [-0.1, -0.05) is 13.8 Å². The summed E-state index contributed by atoms with van der Waals surface area (Å²) in [5.74, 6) is 1.19. The van der Waals surface area contributed by atoms with Crippen molar-refractivity contribution < 1.29 is 9.21 Å². The Morgan fingerprint density at radius 3 is 2.70 bits per heavy atom. The summed E-state index contributed by atoms with van der Waals surface area (Å²) < 4.78 is 6.94. The van der Waals surface area contributed by atoms with Gasteiger partial charge in [0.2, 0.25) is 0 Å². The third kappa shape index (κ3) is 2.46. The fourth-order valence-electron chi connectivity index (χ4n) is 2.41. The molecule has 0 aliphatic heterocycles. The lowest BCUT2D eigenvalue weighted by Gasteiger charge is -2.29. The summed E-state index contributed by atoms with van der Waals surface area (Å²) in [6, 6.07) is 1.81. The fourth-order valence-corrected chi connectivity index (χ4v) is 2.98. The largest absolute Gasteiger partial charge is 0.445 e. The van der Waals surface area contributed by atoms with Crippen LogP contribution in [0.4, 0.5) is 0 Å². The number of ketones is 1. The number of hydrogen-bond donors (Lipinski definition) is 0. The minimum atomic E-state index is -0.0555. The molecule has 0 amide bonds. The van der Waals surface area contributed by atoms with E-state index in [4.69, 9.17) is 4.42 Å². The SMILES string of the molecule is CC1(C)CC(=O)c2cnc(-c3cc(Br)c(Br)o3)nc2C1. The highest BCUT2D eigenvalue weighted by molar-refractivity contribution is 9.13. The summed E-state index contributed by atoms with van der Waals surface area (Å²) in [6.45, 7) is 4.16. The standard InChI is InChI=1S/C14H12Br2N2O2/c1-14(2)4-9-7(10(19)5-14)6-17-13(18-9)11-3-8(15)12(16)20-11/h3,6H,4-5H2,1-2H3. The van der Waals surface area contributed by atoms with E-state index in [1.165, 1.54) is 0 Å². The first kappa shape index (κ1) is 13.9. The van der Waals surface area contributed by atoms with Gasteiger partial charge in [0.25, 0.3) is 0 Å². The van der Waals surface area contributed by atoms with E-state index >= 15 is 0 Å². The van der Waals surface area contributed by atoms with E-state index < -0.39 is 0 Å². The van der Waals surface area contributed by atoms with Crippen molar-refractivity contribution in [2.75, 3.05) is 0 Å². The molecular weight excluding hydrogens is 388 g/mol. The molecule has 0 saturated carbocycles. The number of halogens is 2. The Labute approximate surface area is 133 Å². The van der Waals surface area contributed by atoms with E-state index in [0.717, 1.165) is 16.6 Å². The lowest BCUT2D eigenvalue weighted by Crippen LogP contribution is -2.28. The minimum absolute atomic E-state index is 0.0555. The van der Waals surface area contributed by atoms with Crippen molar-refractivity contribution in [3.8, 4) is 11.6 Å². The van der Waals surface area contributed by atoms with Crippen LogP contribution < -0.4 is 0 Å². The number of furan rings is 1. The second kappa shape index (κ2) is 4.77. The van der Waals surface area contributed by atoms with Gasteiger partial charge in [0.15, 0.2) is 22.0 Å². The molecule has 2 aromatic rings. The molecular formula is C14H12Br2N2O2. The molecule has 0 bridgehead atoms. The molecule has 0 unspecified atom stereocenters. The van der Waals surface area contributed by atoms with Crippen molar-refractivity contribution >= 4 is 37.6 Å². The molecule has 104 valence electrons. The maximum absolute atomic E-state index is 12.1. The van der Waals surface area contributed by atoms with E-state index in [9.17, 15) is 4.79 Å². The molecule has 0 atom stereocenters. The predicted octanol–water partition coefficient (Wildman–Crippen LogP) is 4.42. The molecule has 2 aromatic heterocycles. The third-order valence-corrected chi connectivity index (χ3v) is 5.03. The summed E-state index contributed by atoms with van der Waals surface area (Å²) in [7, 11) is 0. The van der Waals surface area contributed by atoms with Crippen molar-refractivity contribution in [3.63, 3.8) is 0 Å². The molecule has 0 spiro atoms. The molecule has 20 heavy (non-hydrogen) atoms. The van der Waals surface area contributed by atoms with E-state index in [2.05, 4.69) is 55.7 Å². The number of hydrogen-bond acceptors (Lipinski definition) is 4. The molecule has 1 aliphatic carbocycles. The van der Waals surface area contributed by atoms with Gasteiger partial charge in [-0.25, -0.2) is 9.97 Å². The van der Waals surface area contributed by atoms with E-state index in [1.54, 1.807) is 6.20 Å². The normalized spacial score (nSPS) is 17.1. The average molecular weight is 400 g/mol. The van der Waals surface area contributed by atoms with Crippen LogP contribution in [0.2, 0.25) is 0 Å². The van der Waals surface area contributed by atoms with Crippen molar-refractivity contribution in [2.45, 2.75) is 26.7 Å². The maximum atomic E-state index is 12.1. The molecule has 0 N–H and O–H groups in total. The smallest absolute Gasteiger partial charge is 0.196 e. The number of nitrogens with zero attached hydrogens (tertiary/aromatic N) is 2. The van der Waals surface area contributed by atoms with E-state index in [-0.39, 0.29) is 11.2 Å². The Bertz CT molecular complexity index is 688. The van der Waals surface area contributed by atoms with E-state index in [0.29, 0.717) is 28.2 Å². The highest BCUT2D eigenvalue weighted by atomic mass is 79.9. The lowest BCUT2D eigenvalue weighted by atomic mass is 9.76. The first-order valence-electron chi connectivity index (χ1n) is 6.20. The zero-order valence-electron chi connectivity index (χ0n) is 11.0. The average Bonchev–Trinajstić information content (AvgIpc) is 2.67. The van der Waals surface area contributed by atoms with Crippen LogP contribution in [0.15, 0.2) is 25.8 Å². The van der Waals surface area contributed by atoms with Crippen LogP contribution in [0.3, 0.4) is 0 Å². The number of aromatic nitrogens is 2. The first-order chi connectivity index (χ1) is 9.35. The fraction of sp³-hybridized carbons (Fsp3) is 0.357. The highest BCUT2D eigenvalue weighted by Crippen LogP contribution is 2.35. The van der Waals surface area contributed by atoms with Gasteiger partial charge in [0, 0.05) is 18.7 Å². The molecule has 0 radical (unpaired) electrons. The van der Waals surface area contributed by atoms with Gasteiger partial charge in [0.05, 0.1) is 15.7 Å². The lowest BCUT2D eigenvalue weighted by molar-refractivity contribution is 0.0909. The maximum Gasteiger partial charge on any atom is 0.196 e. The summed E-state index contributed by atoms with van der Waals surface area (Å²) in [4.78, 5) is 20.9. The topological polar surface area (TPSA) is 56.0 Å². The molecule has 0 saturated heterocycles. The van der Waals surface area contributed by atoms with Crippen molar-refractivity contribution in [1.29, 1.82) is 0 Å². The zero-order valence-corrected chi connectivity index (χ0v) is 14.2. The number of carbonyl (C=O) groups excluding carboxylic acids is 1. The Morgan fingerprint density at radius 2 is 2.05 bits per heavy atom. The first-order valence-corrected chi connectivity index (χ1v) is 7.79. The van der Waals surface area contributed by atoms with Gasteiger partial charge < -0.3 is 4.42 Å². The van der Waals surface area contributed by atoms with E-state index in [1.807, 2.05) is 6.07 Å². The monoisotopic (exact) mass is 398 g/mol. The van der Waals surface area contributed by atoms with Gasteiger partial charge in [-0.05, 0) is 43.7 Å². The number of carbonyl (C=O) groups is 1. The van der Waals surface area contributed by atoms with Gasteiger partial charge in [-0.15, -0.1) is 0 Å².